The summed E-state index contributed by atoms with van der Waals surface area (Å²) >= 11 is 2.96. The summed E-state index contributed by atoms with van der Waals surface area (Å²) in [4.78, 5) is 7.14. The summed E-state index contributed by atoms with van der Waals surface area (Å²) < 4.78 is 0.315. The van der Waals surface area contributed by atoms with Gasteiger partial charge in [-0.25, -0.2) is 9.97 Å². The van der Waals surface area contributed by atoms with Gasteiger partial charge in [-0.15, -0.1) is 0 Å². The molecule has 5 heteroatoms. The molecule has 0 fully saturated rings. The van der Waals surface area contributed by atoms with Gasteiger partial charge in [-0.05, 0) is 15.9 Å². The molecule has 3 N–H and O–H groups in total. The molecule has 0 saturated heterocycles. The van der Waals surface area contributed by atoms with E-state index in [1.165, 1.54) is 6.33 Å². The van der Waals surface area contributed by atoms with Crippen LogP contribution in [0.2, 0.25) is 0 Å². The van der Waals surface area contributed by atoms with Gasteiger partial charge in [-0.2, -0.15) is 0 Å². The Kier molecular flexibility index (Phi) is 1.52. The molecule has 1 aromatic rings. The highest BCUT2D eigenvalue weighted by Crippen LogP contribution is 2.24. The van der Waals surface area contributed by atoms with Gasteiger partial charge in [0.25, 0.3) is 0 Å². The molecule has 0 amide bonds. The lowest BCUT2D eigenvalue weighted by Crippen LogP contribution is -1.91. The van der Waals surface area contributed by atoms with Gasteiger partial charge in [-0.3, -0.25) is 0 Å². The number of hydrogen-bond acceptors (Lipinski definition) is 4. The van der Waals surface area contributed by atoms with Crippen LogP contribution in [0.15, 0.2) is 10.9 Å². The maximum Gasteiger partial charge on any atom is 0.191 e. The highest BCUT2D eigenvalue weighted by Gasteiger charge is 2.01. The molecule has 1 aromatic heterocycles. The third kappa shape index (κ3) is 1.10. The van der Waals surface area contributed by atoms with E-state index < -0.39 is 0 Å². The Labute approximate surface area is 59.9 Å². The monoisotopic (exact) mass is 189 g/mol. The van der Waals surface area contributed by atoms with E-state index in [4.69, 9.17) is 10.8 Å². The summed E-state index contributed by atoms with van der Waals surface area (Å²) in [7, 11) is 0. The summed E-state index contributed by atoms with van der Waals surface area (Å²) in [6, 6.07) is 0. The van der Waals surface area contributed by atoms with Crippen LogP contribution in [-0.4, -0.2) is 15.1 Å². The maximum absolute atomic E-state index is 8.91. The van der Waals surface area contributed by atoms with Crippen molar-refractivity contribution in [2.24, 2.45) is 0 Å². The van der Waals surface area contributed by atoms with Gasteiger partial charge in [0.05, 0.1) is 0 Å². The SMILES string of the molecule is Nc1ncnc(Br)c1O. The van der Waals surface area contributed by atoms with Crippen molar-refractivity contribution in [2.75, 3.05) is 5.73 Å². The Balaban J connectivity index is 3.25. The second kappa shape index (κ2) is 2.18. The molecule has 0 saturated carbocycles. The van der Waals surface area contributed by atoms with Crippen molar-refractivity contribution in [1.29, 1.82) is 0 Å². The summed E-state index contributed by atoms with van der Waals surface area (Å²) in [5, 5.41) is 8.91. The standard InChI is InChI=1S/C4H4BrN3O/c5-3-2(9)4(6)8-1-7-3/h1,9H,(H2,6,7,8). The molecule has 4 nitrogen and oxygen atoms in total. The Morgan fingerprint density at radius 2 is 2.22 bits per heavy atom. The number of halogens is 1. The van der Waals surface area contributed by atoms with E-state index in [9.17, 15) is 0 Å². The van der Waals surface area contributed by atoms with Crippen molar-refractivity contribution in [3.8, 4) is 5.75 Å². The molecular formula is C4H4BrN3O. The lowest BCUT2D eigenvalue weighted by Gasteiger charge is -1.95. The number of nitrogens with zero attached hydrogens (tertiary/aromatic N) is 2. The molecular weight excluding hydrogens is 186 g/mol. The van der Waals surface area contributed by atoms with Crippen LogP contribution >= 0.6 is 15.9 Å². The molecule has 0 atom stereocenters. The Morgan fingerprint density at radius 3 is 2.67 bits per heavy atom. The van der Waals surface area contributed by atoms with Crippen molar-refractivity contribution < 1.29 is 5.11 Å². The van der Waals surface area contributed by atoms with Crippen molar-refractivity contribution in [3.63, 3.8) is 0 Å². The number of nitrogens with two attached hydrogens (primary N) is 1. The molecule has 0 bridgehead atoms. The Hall–Kier alpha value is -0.840. The van der Waals surface area contributed by atoms with Crippen LogP contribution in [0.1, 0.15) is 0 Å². The first-order chi connectivity index (χ1) is 4.22. The van der Waals surface area contributed by atoms with E-state index in [0.29, 0.717) is 4.60 Å². The molecule has 0 unspecified atom stereocenters. The van der Waals surface area contributed by atoms with Gasteiger partial charge in [0.2, 0.25) is 0 Å². The first kappa shape index (κ1) is 6.28. The molecule has 0 radical (unpaired) electrons. The van der Waals surface area contributed by atoms with Crippen molar-refractivity contribution in [3.05, 3.63) is 10.9 Å². The van der Waals surface area contributed by atoms with Gasteiger partial charge < -0.3 is 10.8 Å². The topological polar surface area (TPSA) is 72.0 Å². The van der Waals surface area contributed by atoms with Gasteiger partial charge >= 0.3 is 0 Å². The quantitative estimate of drug-likeness (QED) is 0.585. The first-order valence-electron chi connectivity index (χ1n) is 2.16. The third-order valence-electron chi connectivity index (χ3n) is 0.806. The minimum atomic E-state index is -0.113. The third-order valence-corrected chi connectivity index (χ3v) is 1.39. The van der Waals surface area contributed by atoms with Crippen molar-refractivity contribution in [1.82, 2.24) is 9.97 Å². The van der Waals surface area contributed by atoms with Crippen LogP contribution in [0.4, 0.5) is 5.82 Å². The van der Waals surface area contributed by atoms with Crippen LogP contribution in [-0.2, 0) is 0 Å². The smallest absolute Gasteiger partial charge is 0.191 e. The van der Waals surface area contributed by atoms with Crippen LogP contribution in [0, 0.1) is 0 Å². The molecule has 1 heterocycles. The average Bonchev–Trinajstić information content (AvgIpc) is 1.83. The summed E-state index contributed by atoms with van der Waals surface area (Å²) in [5.41, 5.74) is 5.19. The van der Waals surface area contributed by atoms with Gasteiger partial charge in [0.1, 0.15) is 6.33 Å². The second-order valence-corrected chi connectivity index (χ2v) is 2.15. The number of hydrogen-bond donors (Lipinski definition) is 2. The molecule has 0 aliphatic carbocycles. The summed E-state index contributed by atoms with van der Waals surface area (Å²) in [5.74, 6) is -0.0330. The average molecular weight is 190 g/mol. The predicted octanol–water partition coefficient (Wildman–Crippen LogP) is 0.527. The molecule has 0 aromatic carbocycles. The number of anilines is 1. The van der Waals surface area contributed by atoms with Crippen LogP contribution in [0.3, 0.4) is 0 Å². The van der Waals surface area contributed by atoms with Crippen LogP contribution in [0.5, 0.6) is 5.75 Å². The van der Waals surface area contributed by atoms with Gasteiger partial charge in [0, 0.05) is 0 Å². The largest absolute Gasteiger partial charge is 0.502 e. The van der Waals surface area contributed by atoms with Crippen molar-refractivity contribution >= 4 is 21.7 Å². The number of rotatable bonds is 0. The number of nitrogen functional groups attached to an aromatic ring is 1. The van der Waals surface area contributed by atoms with E-state index in [2.05, 4.69) is 25.9 Å². The fourth-order valence-corrected chi connectivity index (χ4v) is 0.664. The maximum atomic E-state index is 8.91. The summed E-state index contributed by atoms with van der Waals surface area (Å²) in [6.45, 7) is 0. The van der Waals surface area contributed by atoms with E-state index in [1.807, 2.05) is 0 Å². The van der Waals surface area contributed by atoms with Crippen LogP contribution < -0.4 is 5.73 Å². The summed E-state index contributed by atoms with van der Waals surface area (Å²) in [6.07, 6.45) is 1.26. The lowest BCUT2D eigenvalue weighted by molar-refractivity contribution is 0.468. The van der Waals surface area contributed by atoms with Crippen molar-refractivity contribution in [2.45, 2.75) is 0 Å². The van der Waals surface area contributed by atoms with E-state index in [-0.39, 0.29) is 11.6 Å². The highest BCUT2D eigenvalue weighted by atomic mass is 79.9. The fraction of sp³-hybridized carbons (Fsp3) is 0. The van der Waals surface area contributed by atoms with Crippen LogP contribution in [0.25, 0.3) is 0 Å². The molecule has 9 heavy (non-hydrogen) atoms. The minimum absolute atomic E-state index is 0.0804. The highest BCUT2D eigenvalue weighted by molar-refractivity contribution is 9.10. The zero-order chi connectivity index (χ0) is 6.85. The molecule has 48 valence electrons. The predicted molar refractivity (Wildman–Crippen MR) is 35.8 cm³/mol. The number of aromatic hydroxyl groups is 1. The normalized spacial score (nSPS) is 9.44. The molecule has 0 aliphatic heterocycles. The van der Waals surface area contributed by atoms with Gasteiger partial charge in [0.15, 0.2) is 16.2 Å². The molecule has 0 aliphatic rings. The molecule has 1 rings (SSSR count). The van der Waals surface area contributed by atoms with E-state index in [1.54, 1.807) is 0 Å². The zero-order valence-electron chi connectivity index (χ0n) is 4.37. The fourth-order valence-electron chi connectivity index (χ4n) is 0.370. The minimum Gasteiger partial charge on any atom is -0.502 e. The molecule has 0 spiro atoms. The van der Waals surface area contributed by atoms with E-state index >= 15 is 0 Å². The zero-order valence-corrected chi connectivity index (χ0v) is 5.96. The van der Waals surface area contributed by atoms with E-state index in [0.717, 1.165) is 0 Å². The second-order valence-electron chi connectivity index (χ2n) is 1.40. The van der Waals surface area contributed by atoms with Gasteiger partial charge in [-0.1, -0.05) is 0 Å². The Morgan fingerprint density at radius 1 is 1.56 bits per heavy atom. The Bertz CT molecular complexity index is 207. The lowest BCUT2D eigenvalue weighted by atomic mass is 10.5. The first-order valence-corrected chi connectivity index (χ1v) is 2.96. The number of aromatic nitrogens is 2.